The van der Waals surface area contributed by atoms with Gasteiger partial charge in [-0.25, -0.2) is 4.79 Å². The maximum absolute atomic E-state index is 11.6. The van der Waals surface area contributed by atoms with Crippen LogP contribution in [0.1, 0.15) is 36.2 Å². The van der Waals surface area contributed by atoms with Gasteiger partial charge in [-0.05, 0) is 24.5 Å². The lowest BCUT2D eigenvalue weighted by molar-refractivity contribution is -0.240. The van der Waals surface area contributed by atoms with Crippen molar-refractivity contribution in [3.8, 4) is 0 Å². The van der Waals surface area contributed by atoms with Gasteiger partial charge in [0.05, 0.1) is 12.2 Å². The highest BCUT2D eigenvalue weighted by Gasteiger charge is 2.11. The van der Waals surface area contributed by atoms with Gasteiger partial charge in [0, 0.05) is 0 Å². The lowest BCUT2D eigenvalue weighted by Gasteiger charge is -2.06. The van der Waals surface area contributed by atoms with Crippen molar-refractivity contribution >= 4 is 5.97 Å². The highest BCUT2D eigenvalue weighted by atomic mass is 17.2. The third-order valence-electron chi connectivity index (χ3n) is 2.04. The van der Waals surface area contributed by atoms with Crippen LogP contribution in [0.15, 0.2) is 24.3 Å². The zero-order chi connectivity index (χ0) is 11.1. The highest BCUT2D eigenvalue weighted by molar-refractivity contribution is 5.90. The Morgan fingerprint density at radius 2 is 1.94 bits per heavy atom. The van der Waals surface area contributed by atoms with Crippen LogP contribution < -0.4 is 6.15 Å². The molecule has 4 nitrogen and oxygen atoms in total. The molecule has 0 saturated heterocycles. The van der Waals surface area contributed by atoms with E-state index >= 15 is 0 Å². The smallest absolute Gasteiger partial charge is 0.344 e. The molecule has 4 heteroatoms. The van der Waals surface area contributed by atoms with Gasteiger partial charge in [0.1, 0.15) is 0 Å². The van der Waals surface area contributed by atoms with E-state index in [9.17, 15) is 4.79 Å². The summed E-state index contributed by atoms with van der Waals surface area (Å²) in [5.74, 6) is -0.416. The molecule has 0 unspecified atom stereocenters. The largest absolute Gasteiger partial charge is 0.373 e. The predicted octanol–water partition coefficient (Wildman–Crippen LogP) is 2.91. The third-order valence-corrected chi connectivity index (χ3v) is 2.04. The van der Waals surface area contributed by atoms with Crippen LogP contribution in [0, 0.1) is 0 Å². The molecule has 0 fully saturated rings. The van der Waals surface area contributed by atoms with E-state index in [1.165, 1.54) is 0 Å². The molecule has 90 valence electrons. The fourth-order valence-electron chi connectivity index (χ4n) is 1.25. The topological polar surface area (TPSA) is 70.5 Å². The van der Waals surface area contributed by atoms with Gasteiger partial charge in [-0.1, -0.05) is 32.0 Å². The SMILES string of the molecule is CCCOOC(=O)c1ccccc1CC.N. The number of rotatable bonds is 5. The highest BCUT2D eigenvalue weighted by Crippen LogP contribution is 2.10. The van der Waals surface area contributed by atoms with Crippen molar-refractivity contribution < 1.29 is 14.6 Å². The first-order chi connectivity index (χ1) is 7.29. The van der Waals surface area contributed by atoms with Crippen LogP contribution in [0.25, 0.3) is 0 Å². The van der Waals surface area contributed by atoms with Crippen LogP contribution in [0.4, 0.5) is 0 Å². The van der Waals surface area contributed by atoms with Crippen molar-refractivity contribution in [2.75, 3.05) is 6.61 Å². The predicted molar refractivity (Wildman–Crippen MR) is 62.5 cm³/mol. The molecule has 0 bridgehead atoms. The van der Waals surface area contributed by atoms with Gasteiger partial charge >= 0.3 is 5.97 Å². The van der Waals surface area contributed by atoms with Gasteiger partial charge in [-0.3, -0.25) is 4.89 Å². The average molecular weight is 225 g/mol. The minimum Gasteiger partial charge on any atom is -0.344 e. The second kappa shape index (κ2) is 7.84. The van der Waals surface area contributed by atoms with Crippen molar-refractivity contribution in [2.24, 2.45) is 0 Å². The van der Waals surface area contributed by atoms with Crippen LogP contribution in [-0.2, 0) is 16.2 Å². The van der Waals surface area contributed by atoms with Gasteiger partial charge in [-0.15, -0.1) is 0 Å². The van der Waals surface area contributed by atoms with Gasteiger partial charge in [0.25, 0.3) is 0 Å². The van der Waals surface area contributed by atoms with Gasteiger partial charge < -0.3 is 6.15 Å². The third kappa shape index (κ3) is 4.00. The Labute approximate surface area is 96.1 Å². The monoisotopic (exact) mass is 225 g/mol. The van der Waals surface area contributed by atoms with Gasteiger partial charge in [-0.2, -0.15) is 4.89 Å². The summed E-state index contributed by atoms with van der Waals surface area (Å²) in [7, 11) is 0. The van der Waals surface area contributed by atoms with E-state index < -0.39 is 5.97 Å². The Kier molecular flexibility index (Phi) is 7.16. The molecule has 0 saturated carbocycles. The van der Waals surface area contributed by atoms with Crippen molar-refractivity contribution in [3.63, 3.8) is 0 Å². The normalized spacial score (nSPS) is 9.38. The zero-order valence-corrected chi connectivity index (χ0v) is 9.86. The molecule has 0 radical (unpaired) electrons. The molecular weight excluding hydrogens is 206 g/mol. The molecule has 1 aromatic carbocycles. The molecule has 0 aliphatic carbocycles. The molecule has 0 amide bonds. The fourth-order valence-corrected chi connectivity index (χ4v) is 1.25. The summed E-state index contributed by atoms with van der Waals surface area (Å²) < 4.78 is 0. The number of carbonyl (C=O) groups excluding carboxylic acids is 1. The molecule has 0 aliphatic heterocycles. The molecule has 0 atom stereocenters. The second-order valence-electron chi connectivity index (χ2n) is 3.20. The van der Waals surface area contributed by atoms with Gasteiger partial charge in [0.15, 0.2) is 0 Å². The van der Waals surface area contributed by atoms with Crippen LogP contribution >= 0.6 is 0 Å². The summed E-state index contributed by atoms with van der Waals surface area (Å²) in [6.45, 7) is 4.38. The fraction of sp³-hybridized carbons (Fsp3) is 0.417. The number of aryl methyl sites for hydroxylation is 1. The lowest BCUT2D eigenvalue weighted by Crippen LogP contribution is -2.09. The summed E-state index contributed by atoms with van der Waals surface area (Å²) in [5, 5.41) is 0. The summed E-state index contributed by atoms with van der Waals surface area (Å²) in [5.41, 5.74) is 1.55. The standard InChI is InChI=1S/C12H16O3.H3N/c1-3-9-14-15-12(13)11-8-6-5-7-10(11)4-2;/h5-8H,3-4,9H2,1-2H3;1H3. The first-order valence-corrected chi connectivity index (χ1v) is 5.21. The van der Waals surface area contributed by atoms with E-state index in [0.29, 0.717) is 12.2 Å². The molecule has 0 aromatic heterocycles. The molecule has 0 aliphatic rings. The average Bonchev–Trinajstić information content (AvgIpc) is 2.29. The molecule has 0 spiro atoms. The minimum atomic E-state index is -0.416. The second-order valence-corrected chi connectivity index (χ2v) is 3.20. The Balaban J connectivity index is 0.00000225. The maximum atomic E-state index is 11.6. The van der Waals surface area contributed by atoms with Crippen molar-refractivity contribution in [3.05, 3.63) is 35.4 Å². The first kappa shape index (κ1) is 14.6. The number of carbonyl (C=O) groups is 1. The van der Waals surface area contributed by atoms with Crippen LogP contribution in [0.5, 0.6) is 0 Å². The Bertz CT molecular complexity index is 326. The minimum absolute atomic E-state index is 0. The summed E-state index contributed by atoms with van der Waals surface area (Å²) >= 11 is 0. The Morgan fingerprint density at radius 1 is 1.25 bits per heavy atom. The summed E-state index contributed by atoms with van der Waals surface area (Å²) in [4.78, 5) is 21.0. The van der Waals surface area contributed by atoms with Crippen molar-refractivity contribution in [1.29, 1.82) is 0 Å². The summed E-state index contributed by atoms with van der Waals surface area (Å²) in [6, 6.07) is 7.38. The van der Waals surface area contributed by atoms with E-state index in [-0.39, 0.29) is 6.15 Å². The van der Waals surface area contributed by atoms with E-state index in [2.05, 4.69) is 4.89 Å². The maximum Gasteiger partial charge on any atom is 0.373 e. The first-order valence-electron chi connectivity index (χ1n) is 5.21. The Hall–Kier alpha value is -1.39. The molecule has 16 heavy (non-hydrogen) atoms. The van der Waals surface area contributed by atoms with Crippen molar-refractivity contribution in [2.45, 2.75) is 26.7 Å². The van der Waals surface area contributed by atoms with Crippen LogP contribution in [-0.4, -0.2) is 12.6 Å². The molecule has 0 heterocycles. The van der Waals surface area contributed by atoms with Crippen LogP contribution in [0.3, 0.4) is 0 Å². The van der Waals surface area contributed by atoms with E-state index in [4.69, 9.17) is 4.89 Å². The lowest BCUT2D eigenvalue weighted by atomic mass is 10.1. The van der Waals surface area contributed by atoms with Gasteiger partial charge in [0.2, 0.25) is 0 Å². The quantitative estimate of drug-likeness (QED) is 0.475. The number of hydrogen-bond acceptors (Lipinski definition) is 4. The number of hydrogen-bond donors (Lipinski definition) is 1. The van der Waals surface area contributed by atoms with Crippen molar-refractivity contribution in [1.82, 2.24) is 6.15 Å². The molecule has 3 N–H and O–H groups in total. The molecule has 1 rings (SSSR count). The number of benzene rings is 1. The van der Waals surface area contributed by atoms with E-state index in [1.807, 2.05) is 32.0 Å². The Morgan fingerprint density at radius 3 is 2.56 bits per heavy atom. The van der Waals surface area contributed by atoms with E-state index in [0.717, 1.165) is 18.4 Å². The molecular formula is C12H19NO3. The zero-order valence-electron chi connectivity index (χ0n) is 9.86. The summed E-state index contributed by atoms with van der Waals surface area (Å²) in [6.07, 6.45) is 1.63. The van der Waals surface area contributed by atoms with E-state index in [1.54, 1.807) is 6.07 Å². The molecule has 1 aromatic rings. The van der Waals surface area contributed by atoms with Crippen LogP contribution in [0.2, 0.25) is 0 Å².